The molecule has 5 nitrogen and oxygen atoms in total. The lowest BCUT2D eigenvalue weighted by Crippen LogP contribution is -2.44. The number of fused-ring (bicyclic) bond motifs is 2. The lowest BCUT2D eigenvalue weighted by Gasteiger charge is -2.42. The number of amides is 1. The zero-order chi connectivity index (χ0) is 19.3. The third-order valence-corrected chi connectivity index (χ3v) is 5.27. The molecular formula is C22H25NO4. The van der Waals surface area contributed by atoms with Gasteiger partial charge < -0.3 is 19.5 Å². The van der Waals surface area contributed by atoms with Gasteiger partial charge in [-0.3, -0.25) is 0 Å². The number of hydrogen-bond donors (Lipinski definition) is 1. The largest absolute Gasteiger partial charge is 0.504 e. The Labute approximate surface area is 159 Å². The van der Waals surface area contributed by atoms with Crippen LogP contribution in [0.4, 0.5) is 4.79 Å². The molecule has 0 aromatic heterocycles. The Morgan fingerprint density at radius 1 is 1.22 bits per heavy atom. The van der Waals surface area contributed by atoms with Gasteiger partial charge >= 0.3 is 6.09 Å². The molecule has 1 aliphatic heterocycles. The van der Waals surface area contributed by atoms with Crippen LogP contribution in [-0.4, -0.2) is 35.4 Å². The number of phenols is 1. The summed E-state index contributed by atoms with van der Waals surface area (Å²) in [5.74, 6) is 0.615. The molecule has 2 aromatic rings. The summed E-state index contributed by atoms with van der Waals surface area (Å²) in [6.45, 7) is 6.21. The highest BCUT2D eigenvalue weighted by Gasteiger charge is 2.40. The number of ether oxygens (including phenoxy) is 2. The second-order valence-corrected chi connectivity index (χ2v) is 8.18. The predicted octanol–water partition coefficient (Wildman–Crippen LogP) is 4.46. The van der Waals surface area contributed by atoms with Crippen molar-refractivity contribution >= 4 is 6.09 Å². The van der Waals surface area contributed by atoms with Gasteiger partial charge in [0.25, 0.3) is 0 Å². The molecule has 1 amide bonds. The van der Waals surface area contributed by atoms with E-state index in [2.05, 4.69) is 6.07 Å². The topological polar surface area (TPSA) is 59.0 Å². The van der Waals surface area contributed by atoms with E-state index in [4.69, 9.17) is 9.47 Å². The third-order valence-electron chi connectivity index (χ3n) is 5.27. The second kappa shape index (κ2) is 6.19. The van der Waals surface area contributed by atoms with Crippen LogP contribution in [0.1, 0.15) is 43.5 Å². The molecule has 0 spiro atoms. The molecule has 1 atom stereocenters. The van der Waals surface area contributed by atoms with Gasteiger partial charge in [0.1, 0.15) is 5.60 Å². The number of rotatable bonds is 1. The zero-order valence-corrected chi connectivity index (χ0v) is 16.2. The zero-order valence-electron chi connectivity index (χ0n) is 16.2. The van der Waals surface area contributed by atoms with Crippen LogP contribution in [0.2, 0.25) is 0 Å². The van der Waals surface area contributed by atoms with Crippen molar-refractivity contribution < 1.29 is 19.4 Å². The number of carbonyl (C=O) groups is 1. The molecule has 1 heterocycles. The minimum absolute atomic E-state index is 0.138. The minimum atomic E-state index is -0.547. The van der Waals surface area contributed by atoms with Crippen LogP contribution in [0.15, 0.2) is 30.3 Å². The molecule has 1 N–H and O–H groups in total. The molecule has 1 unspecified atom stereocenters. The van der Waals surface area contributed by atoms with Crippen LogP contribution in [0, 0.1) is 0 Å². The Kier molecular flexibility index (Phi) is 4.06. The summed E-state index contributed by atoms with van der Waals surface area (Å²) in [5.41, 5.74) is 4.49. The Morgan fingerprint density at radius 3 is 2.67 bits per heavy atom. The van der Waals surface area contributed by atoms with E-state index in [-0.39, 0.29) is 17.9 Å². The molecular weight excluding hydrogens is 342 g/mol. The van der Waals surface area contributed by atoms with E-state index in [1.54, 1.807) is 12.0 Å². The maximum absolute atomic E-state index is 12.9. The summed E-state index contributed by atoms with van der Waals surface area (Å²) in [7, 11) is 1.57. The quantitative estimate of drug-likeness (QED) is 0.808. The minimum Gasteiger partial charge on any atom is -0.504 e. The van der Waals surface area contributed by atoms with Crippen molar-refractivity contribution in [1.82, 2.24) is 4.90 Å². The average molecular weight is 367 g/mol. The van der Waals surface area contributed by atoms with Crippen molar-refractivity contribution in [2.75, 3.05) is 13.7 Å². The van der Waals surface area contributed by atoms with E-state index < -0.39 is 5.60 Å². The van der Waals surface area contributed by atoms with Gasteiger partial charge in [0.05, 0.1) is 13.2 Å². The fraction of sp³-hybridized carbons (Fsp3) is 0.409. The Bertz CT molecular complexity index is 913. The summed E-state index contributed by atoms with van der Waals surface area (Å²) in [4.78, 5) is 14.7. The SMILES string of the molecule is COc1cc2c3c(c1O)-c1ccccc1CC3N(C(=O)OC(C)(C)C)CC2. The second-order valence-electron chi connectivity index (χ2n) is 8.18. The molecule has 2 aromatic carbocycles. The lowest BCUT2D eigenvalue weighted by molar-refractivity contribution is 0.0140. The number of aromatic hydroxyl groups is 1. The first-order valence-corrected chi connectivity index (χ1v) is 9.31. The molecule has 1 aliphatic carbocycles. The molecule has 0 radical (unpaired) electrons. The number of carbonyl (C=O) groups excluding carboxylic acids is 1. The van der Waals surface area contributed by atoms with Gasteiger partial charge in [-0.05, 0) is 61.9 Å². The van der Waals surface area contributed by atoms with Gasteiger partial charge in [-0.25, -0.2) is 4.79 Å². The van der Waals surface area contributed by atoms with E-state index in [1.807, 2.05) is 45.0 Å². The summed E-state index contributed by atoms with van der Waals surface area (Å²) < 4.78 is 11.1. The monoisotopic (exact) mass is 367 g/mol. The van der Waals surface area contributed by atoms with Crippen LogP contribution in [0.5, 0.6) is 11.5 Å². The van der Waals surface area contributed by atoms with Crippen molar-refractivity contribution in [1.29, 1.82) is 0 Å². The fourth-order valence-corrected chi connectivity index (χ4v) is 4.19. The number of nitrogens with zero attached hydrogens (tertiary/aromatic N) is 1. The first-order valence-electron chi connectivity index (χ1n) is 9.31. The van der Waals surface area contributed by atoms with Crippen LogP contribution in [-0.2, 0) is 17.6 Å². The van der Waals surface area contributed by atoms with E-state index in [0.29, 0.717) is 25.1 Å². The number of phenolic OH excluding ortho intramolecular Hbond substituents is 1. The third kappa shape index (κ3) is 2.91. The van der Waals surface area contributed by atoms with Gasteiger partial charge in [0, 0.05) is 12.1 Å². The number of benzene rings is 2. The fourth-order valence-electron chi connectivity index (χ4n) is 4.19. The summed E-state index contributed by atoms with van der Waals surface area (Å²) in [6, 6.07) is 9.79. The first-order chi connectivity index (χ1) is 12.8. The van der Waals surface area contributed by atoms with Crippen LogP contribution in [0.25, 0.3) is 11.1 Å². The lowest BCUT2D eigenvalue weighted by atomic mass is 9.76. The average Bonchev–Trinajstić information content (AvgIpc) is 2.61. The Morgan fingerprint density at radius 2 is 1.96 bits per heavy atom. The van der Waals surface area contributed by atoms with Gasteiger partial charge in [0.2, 0.25) is 0 Å². The highest BCUT2D eigenvalue weighted by molar-refractivity contribution is 5.84. The summed E-state index contributed by atoms with van der Waals surface area (Å²) in [5, 5.41) is 10.9. The van der Waals surface area contributed by atoms with Gasteiger partial charge in [-0.1, -0.05) is 24.3 Å². The Hall–Kier alpha value is -2.69. The first kappa shape index (κ1) is 17.7. The standard InChI is InChI=1S/C22H25NO4/c1-22(2,3)27-21(25)23-10-9-14-12-17(26-4)20(24)19-15-8-6-5-7-13(15)11-16(23)18(14)19/h5-8,12,16,24H,9-11H2,1-4H3. The van der Waals surface area contributed by atoms with Crippen LogP contribution in [0.3, 0.4) is 0 Å². The summed E-state index contributed by atoms with van der Waals surface area (Å²) in [6.07, 6.45) is 1.11. The number of hydrogen-bond acceptors (Lipinski definition) is 4. The van der Waals surface area contributed by atoms with Crippen LogP contribution < -0.4 is 4.74 Å². The molecule has 5 heteroatoms. The predicted molar refractivity (Wildman–Crippen MR) is 103 cm³/mol. The molecule has 2 aliphatic rings. The molecule has 0 saturated carbocycles. The van der Waals surface area contributed by atoms with Gasteiger partial charge in [0.15, 0.2) is 11.5 Å². The van der Waals surface area contributed by atoms with E-state index in [9.17, 15) is 9.90 Å². The highest BCUT2D eigenvalue weighted by Crippen LogP contribution is 2.52. The Balaban J connectivity index is 1.88. The van der Waals surface area contributed by atoms with Crippen molar-refractivity contribution in [2.45, 2.75) is 45.3 Å². The maximum atomic E-state index is 12.9. The van der Waals surface area contributed by atoms with E-state index in [1.165, 1.54) is 0 Å². The van der Waals surface area contributed by atoms with Gasteiger partial charge in [-0.2, -0.15) is 0 Å². The smallest absolute Gasteiger partial charge is 0.410 e. The van der Waals surface area contributed by atoms with Crippen molar-refractivity contribution in [3.05, 3.63) is 47.0 Å². The maximum Gasteiger partial charge on any atom is 0.410 e. The molecule has 0 bridgehead atoms. The van der Waals surface area contributed by atoms with E-state index >= 15 is 0 Å². The van der Waals surface area contributed by atoms with Crippen molar-refractivity contribution in [3.8, 4) is 22.6 Å². The molecule has 0 fully saturated rings. The van der Waals surface area contributed by atoms with Crippen molar-refractivity contribution in [3.63, 3.8) is 0 Å². The van der Waals surface area contributed by atoms with Crippen molar-refractivity contribution in [2.24, 2.45) is 0 Å². The molecule has 0 saturated heterocycles. The van der Waals surface area contributed by atoms with Gasteiger partial charge in [-0.15, -0.1) is 0 Å². The number of methoxy groups -OCH3 is 1. The molecule has 27 heavy (non-hydrogen) atoms. The summed E-state index contributed by atoms with van der Waals surface area (Å²) >= 11 is 0. The normalized spacial score (nSPS) is 17.8. The molecule has 4 rings (SSSR count). The highest BCUT2D eigenvalue weighted by atomic mass is 16.6. The van der Waals surface area contributed by atoms with E-state index in [0.717, 1.165) is 27.8 Å². The molecule has 142 valence electrons. The van der Waals surface area contributed by atoms with Crippen LogP contribution >= 0.6 is 0 Å².